The van der Waals surface area contributed by atoms with Crippen LogP contribution in [0.2, 0.25) is 0 Å². The second-order valence-electron chi connectivity index (χ2n) is 7.13. The number of hydrogen-bond acceptors (Lipinski definition) is 3. The largest absolute Gasteiger partial charge is 0.398 e. The molecule has 1 heterocycles. The average Bonchev–Trinajstić information content (AvgIpc) is 2.65. The molecule has 1 fully saturated rings. The minimum absolute atomic E-state index is 0.0888. The zero-order valence-electron chi connectivity index (χ0n) is 15.9. The molecule has 27 heavy (non-hydrogen) atoms. The number of benzene rings is 1. The van der Waals surface area contributed by atoms with E-state index in [0.717, 1.165) is 48.2 Å². The van der Waals surface area contributed by atoms with Crippen LogP contribution in [0.15, 0.2) is 47.7 Å². The Bertz CT molecular complexity index is 848. The van der Waals surface area contributed by atoms with Crippen LogP contribution in [0.4, 0.5) is 15.8 Å². The first-order valence-corrected chi connectivity index (χ1v) is 9.47. The molecule has 1 aliphatic carbocycles. The fourth-order valence-corrected chi connectivity index (χ4v) is 3.82. The molecule has 0 saturated heterocycles. The van der Waals surface area contributed by atoms with Gasteiger partial charge in [0.2, 0.25) is 0 Å². The molecule has 0 unspecified atom stereocenters. The number of pyridine rings is 1. The molecule has 0 aliphatic heterocycles. The summed E-state index contributed by atoms with van der Waals surface area (Å²) in [7, 11) is 0. The topological polar surface area (TPSA) is 68.0 Å². The Balaban J connectivity index is 1.70. The number of carbonyl (C=O) groups excluding carboxylic acids is 1. The number of nitrogens with two attached hydrogens (primary N) is 1. The Labute approximate surface area is 159 Å². The lowest BCUT2D eigenvalue weighted by Crippen LogP contribution is -2.18. The summed E-state index contributed by atoms with van der Waals surface area (Å²) in [5.41, 5.74) is 11.7. The molecule has 142 valence electrons. The zero-order valence-corrected chi connectivity index (χ0v) is 15.9. The van der Waals surface area contributed by atoms with Gasteiger partial charge in [0.15, 0.2) is 0 Å². The van der Waals surface area contributed by atoms with Gasteiger partial charge in [-0.05, 0) is 80.8 Å². The van der Waals surface area contributed by atoms with Crippen LogP contribution in [0.5, 0.6) is 0 Å². The molecule has 0 radical (unpaired) electrons. The van der Waals surface area contributed by atoms with Crippen LogP contribution >= 0.6 is 0 Å². The molecule has 1 aromatic carbocycles. The van der Waals surface area contributed by atoms with Crippen LogP contribution in [0.3, 0.4) is 0 Å². The molecule has 2 aromatic rings. The Kier molecular flexibility index (Phi) is 5.89. The van der Waals surface area contributed by atoms with Gasteiger partial charge in [0, 0.05) is 28.8 Å². The van der Waals surface area contributed by atoms with Crippen LogP contribution in [0.25, 0.3) is 0 Å². The van der Waals surface area contributed by atoms with Crippen LogP contribution in [0.1, 0.15) is 56.2 Å². The SMILES string of the molecule is CCC(C(=O)Nc1ccc(F)cc1)=C1CCC(c2cnc(C)cc2N)CC1. The van der Waals surface area contributed by atoms with Crippen LogP contribution in [0, 0.1) is 12.7 Å². The van der Waals surface area contributed by atoms with E-state index in [1.54, 1.807) is 12.1 Å². The standard InChI is InChI=1S/C22H26FN3O/c1-3-19(22(27)26-18-10-8-17(23)9-11-18)15-4-6-16(7-5-15)20-13-25-14(2)12-21(20)24/h8-13,16H,3-7H2,1-2H3,(H2,24,25)(H,26,27). The summed E-state index contributed by atoms with van der Waals surface area (Å²) in [4.78, 5) is 17.1. The maximum absolute atomic E-state index is 13.0. The number of allylic oxidation sites excluding steroid dienone is 1. The van der Waals surface area contributed by atoms with E-state index in [1.165, 1.54) is 17.7 Å². The maximum atomic E-state index is 13.0. The van der Waals surface area contributed by atoms with Crippen molar-refractivity contribution in [1.29, 1.82) is 0 Å². The summed E-state index contributed by atoms with van der Waals surface area (Å²) < 4.78 is 13.0. The smallest absolute Gasteiger partial charge is 0.251 e. The third-order valence-corrected chi connectivity index (χ3v) is 5.29. The summed E-state index contributed by atoms with van der Waals surface area (Å²) in [6.45, 7) is 3.94. The highest BCUT2D eigenvalue weighted by Crippen LogP contribution is 2.39. The van der Waals surface area contributed by atoms with Crippen LogP contribution in [-0.2, 0) is 4.79 Å². The lowest BCUT2D eigenvalue weighted by atomic mass is 9.79. The van der Waals surface area contributed by atoms with Gasteiger partial charge in [0.05, 0.1) is 0 Å². The van der Waals surface area contributed by atoms with Crippen LogP contribution in [-0.4, -0.2) is 10.9 Å². The third-order valence-electron chi connectivity index (χ3n) is 5.29. The monoisotopic (exact) mass is 367 g/mol. The zero-order chi connectivity index (χ0) is 19.4. The van der Waals surface area contributed by atoms with Gasteiger partial charge in [-0.2, -0.15) is 0 Å². The van der Waals surface area contributed by atoms with E-state index >= 15 is 0 Å². The number of amides is 1. The molecule has 1 aliphatic rings. The summed E-state index contributed by atoms with van der Waals surface area (Å²) in [6.07, 6.45) is 6.29. The first-order chi connectivity index (χ1) is 13.0. The molecule has 1 amide bonds. The molecule has 4 nitrogen and oxygen atoms in total. The number of anilines is 2. The highest BCUT2D eigenvalue weighted by atomic mass is 19.1. The van der Waals surface area contributed by atoms with Gasteiger partial charge in [-0.15, -0.1) is 0 Å². The molecule has 3 rings (SSSR count). The highest BCUT2D eigenvalue weighted by molar-refractivity contribution is 6.04. The Hall–Kier alpha value is -2.69. The van der Waals surface area contributed by atoms with Crippen molar-refractivity contribution >= 4 is 17.3 Å². The van der Waals surface area contributed by atoms with Gasteiger partial charge in [-0.3, -0.25) is 9.78 Å². The third kappa shape index (κ3) is 4.54. The van der Waals surface area contributed by atoms with Crippen molar-refractivity contribution in [1.82, 2.24) is 4.98 Å². The van der Waals surface area contributed by atoms with E-state index in [0.29, 0.717) is 18.0 Å². The fraction of sp³-hybridized carbons (Fsp3) is 0.364. The summed E-state index contributed by atoms with van der Waals surface area (Å²) in [5.74, 6) is -0.0144. The molecule has 5 heteroatoms. The number of rotatable bonds is 4. The van der Waals surface area contributed by atoms with Gasteiger partial charge in [-0.1, -0.05) is 12.5 Å². The molecule has 0 spiro atoms. The van der Waals surface area contributed by atoms with Gasteiger partial charge < -0.3 is 11.1 Å². The Morgan fingerprint density at radius 3 is 2.52 bits per heavy atom. The average molecular weight is 367 g/mol. The number of aromatic nitrogens is 1. The minimum atomic E-state index is -0.315. The van der Waals surface area contributed by atoms with Crippen molar-refractivity contribution in [2.24, 2.45) is 0 Å². The lowest BCUT2D eigenvalue weighted by molar-refractivity contribution is -0.113. The van der Waals surface area contributed by atoms with Gasteiger partial charge in [0.25, 0.3) is 5.91 Å². The molecule has 1 aromatic heterocycles. The normalized spacial score (nSPS) is 16.9. The number of halogens is 1. The summed E-state index contributed by atoms with van der Waals surface area (Å²) >= 11 is 0. The minimum Gasteiger partial charge on any atom is -0.398 e. The first kappa shape index (κ1) is 19.1. The van der Waals surface area contributed by atoms with Crippen molar-refractivity contribution in [2.75, 3.05) is 11.1 Å². The van der Waals surface area contributed by atoms with Gasteiger partial charge >= 0.3 is 0 Å². The van der Waals surface area contributed by atoms with Crippen molar-refractivity contribution in [3.63, 3.8) is 0 Å². The number of hydrogen-bond donors (Lipinski definition) is 2. The molecular weight excluding hydrogens is 341 g/mol. The van der Waals surface area contributed by atoms with E-state index in [2.05, 4.69) is 10.3 Å². The van der Waals surface area contributed by atoms with E-state index < -0.39 is 0 Å². The summed E-state index contributed by atoms with van der Waals surface area (Å²) in [6, 6.07) is 7.78. The Morgan fingerprint density at radius 2 is 1.93 bits per heavy atom. The molecule has 1 saturated carbocycles. The quantitative estimate of drug-likeness (QED) is 0.738. The van der Waals surface area contributed by atoms with E-state index in [4.69, 9.17) is 5.73 Å². The predicted molar refractivity (Wildman–Crippen MR) is 107 cm³/mol. The van der Waals surface area contributed by atoms with Crippen molar-refractivity contribution < 1.29 is 9.18 Å². The number of nitrogens with one attached hydrogen (secondary N) is 1. The lowest BCUT2D eigenvalue weighted by Gasteiger charge is -2.27. The number of aryl methyl sites for hydroxylation is 1. The fourth-order valence-electron chi connectivity index (χ4n) is 3.82. The van der Waals surface area contributed by atoms with E-state index in [1.807, 2.05) is 26.1 Å². The van der Waals surface area contributed by atoms with Gasteiger partial charge in [0.1, 0.15) is 5.82 Å². The van der Waals surface area contributed by atoms with Crippen molar-refractivity contribution in [3.8, 4) is 0 Å². The molecule has 3 N–H and O–H groups in total. The number of nitrogen functional groups attached to an aromatic ring is 1. The predicted octanol–water partition coefficient (Wildman–Crippen LogP) is 5.11. The molecular formula is C22H26FN3O. The van der Waals surface area contributed by atoms with Gasteiger partial charge in [-0.25, -0.2) is 4.39 Å². The second-order valence-corrected chi connectivity index (χ2v) is 7.13. The van der Waals surface area contributed by atoms with Crippen molar-refractivity contribution in [3.05, 3.63) is 64.7 Å². The highest BCUT2D eigenvalue weighted by Gasteiger charge is 2.24. The second kappa shape index (κ2) is 8.33. The summed E-state index contributed by atoms with van der Waals surface area (Å²) in [5, 5.41) is 2.88. The number of carbonyl (C=O) groups is 1. The first-order valence-electron chi connectivity index (χ1n) is 9.47. The Morgan fingerprint density at radius 1 is 1.26 bits per heavy atom. The van der Waals surface area contributed by atoms with E-state index in [-0.39, 0.29) is 11.7 Å². The maximum Gasteiger partial charge on any atom is 0.251 e. The van der Waals surface area contributed by atoms with Crippen LogP contribution < -0.4 is 11.1 Å². The number of nitrogens with zero attached hydrogens (tertiary/aromatic N) is 1. The molecule has 0 bridgehead atoms. The van der Waals surface area contributed by atoms with E-state index in [9.17, 15) is 9.18 Å². The molecule has 0 atom stereocenters. The van der Waals surface area contributed by atoms with Crippen molar-refractivity contribution in [2.45, 2.75) is 51.9 Å².